The first kappa shape index (κ1) is 14.6. The number of methoxy groups -OCH3 is 2. The molecule has 0 fully saturated rings. The highest BCUT2D eigenvalue weighted by atomic mass is 16.5. The third kappa shape index (κ3) is 2.42. The van der Waals surface area contributed by atoms with Crippen LogP contribution < -0.4 is 0 Å². The lowest BCUT2D eigenvalue weighted by Crippen LogP contribution is -2.39. The van der Waals surface area contributed by atoms with Crippen molar-refractivity contribution >= 4 is 11.9 Å². The van der Waals surface area contributed by atoms with Crippen molar-refractivity contribution in [2.24, 2.45) is 5.41 Å². The van der Waals surface area contributed by atoms with Crippen LogP contribution in [0.25, 0.3) is 0 Å². The summed E-state index contributed by atoms with van der Waals surface area (Å²) in [4.78, 5) is 24.3. The Labute approximate surface area is 119 Å². The molecule has 4 heteroatoms. The van der Waals surface area contributed by atoms with Crippen LogP contribution in [0.4, 0.5) is 0 Å². The second-order valence-electron chi connectivity index (χ2n) is 5.42. The summed E-state index contributed by atoms with van der Waals surface area (Å²) in [6.45, 7) is 2.08. The first-order valence-corrected chi connectivity index (χ1v) is 6.75. The van der Waals surface area contributed by atoms with E-state index in [1.165, 1.54) is 19.8 Å². The first-order valence-electron chi connectivity index (χ1n) is 6.75. The summed E-state index contributed by atoms with van der Waals surface area (Å²) in [6.07, 6.45) is 8.63. The molecule has 2 aliphatic rings. The molecule has 0 spiro atoms. The Kier molecular flexibility index (Phi) is 4.12. The standard InChI is InChI=1S/C16H20O4/c1-11-5-4-6-12-9-16(14(17)19-2,15(18)20-3)10-13(12)8-7-11/h4-6H,7-10H2,1-3H3/b6-4-,11-5-. The van der Waals surface area contributed by atoms with E-state index in [0.717, 1.165) is 24.0 Å². The number of hydrogen-bond donors (Lipinski definition) is 0. The Bertz CT molecular complexity index is 507. The van der Waals surface area contributed by atoms with Gasteiger partial charge in [-0.1, -0.05) is 29.4 Å². The average molecular weight is 276 g/mol. The highest BCUT2D eigenvalue weighted by Gasteiger charge is 2.52. The van der Waals surface area contributed by atoms with Gasteiger partial charge in [-0.15, -0.1) is 0 Å². The van der Waals surface area contributed by atoms with Gasteiger partial charge >= 0.3 is 11.9 Å². The van der Waals surface area contributed by atoms with E-state index in [0.29, 0.717) is 12.8 Å². The smallest absolute Gasteiger partial charge is 0.323 e. The summed E-state index contributed by atoms with van der Waals surface area (Å²) in [5, 5.41) is 0. The van der Waals surface area contributed by atoms with E-state index in [4.69, 9.17) is 9.47 Å². The van der Waals surface area contributed by atoms with Gasteiger partial charge in [-0.25, -0.2) is 0 Å². The number of carbonyl (C=O) groups is 2. The Morgan fingerprint density at radius 3 is 2.35 bits per heavy atom. The van der Waals surface area contributed by atoms with Crippen LogP contribution in [0.5, 0.6) is 0 Å². The molecule has 0 heterocycles. The lowest BCUT2D eigenvalue weighted by molar-refractivity contribution is -0.168. The molecule has 0 saturated heterocycles. The highest BCUT2D eigenvalue weighted by Crippen LogP contribution is 2.46. The van der Waals surface area contributed by atoms with Gasteiger partial charge in [-0.05, 0) is 38.2 Å². The predicted octanol–water partition coefficient (Wildman–Crippen LogP) is 2.71. The maximum absolute atomic E-state index is 12.1. The van der Waals surface area contributed by atoms with Crippen molar-refractivity contribution in [2.75, 3.05) is 14.2 Å². The van der Waals surface area contributed by atoms with Gasteiger partial charge in [-0.3, -0.25) is 9.59 Å². The van der Waals surface area contributed by atoms with Crippen LogP contribution in [-0.4, -0.2) is 26.2 Å². The van der Waals surface area contributed by atoms with E-state index in [1.807, 2.05) is 12.2 Å². The molecule has 2 rings (SSSR count). The summed E-state index contributed by atoms with van der Waals surface area (Å²) in [6, 6.07) is 0. The minimum absolute atomic E-state index is 0.366. The summed E-state index contributed by atoms with van der Waals surface area (Å²) >= 11 is 0. The number of ether oxygens (including phenoxy) is 2. The lowest BCUT2D eigenvalue weighted by Gasteiger charge is -2.23. The van der Waals surface area contributed by atoms with Gasteiger partial charge in [0.2, 0.25) is 0 Å². The minimum atomic E-state index is -1.20. The Balaban J connectivity index is 2.32. The maximum atomic E-state index is 12.1. The monoisotopic (exact) mass is 276 g/mol. The number of esters is 2. The molecule has 4 nitrogen and oxygen atoms in total. The topological polar surface area (TPSA) is 52.6 Å². The molecule has 0 aromatic carbocycles. The van der Waals surface area contributed by atoms with Crippen LogP contribution in [0, 0.1) is 5.41 Å². The zero-order valence-corrected chi connectivity index (χ0v) is 12.2. The SMILES string of the molecule is COC(=O)C1(C(=O)OC)CC2=C(CC/C(C)=C\C=C/2)C1. The van der Waals surface area contributed by atoms with Crippen LogP contribution in [-0.2, 0) is 19.1 Å². The molecule has 0 unspecified atom stereocenters. The maximum Gasteiger partial charge on any atom is 0.323 e. The van der Waals surface area contributed by atoms with Gasteiger partial charge in [0.25, 0.3) is 0 Å². The van der Waals surface area contributed by atoms with Gasteiger partial charge in [0.15, 0.2) is 5.41 Å². The molecule has 0 radical (unpaired) electrons. The third-order valence-corrected chi connectivity index (χ3v) is 4.11. The molecule has 0 aromatic heterocycles. The fourth-order valence-electron chi connectivity index (χ4n) is 2.94. The summed E-state index contributed by atoms with van der Waals surface area (Å²) in [5.41, 5.74) is 2.31. The summed E-state index contributed by atoms with van der Waals surface area (Å²) in [7, 11) is 2.62. The molecule has 0 aliphatic heterocycles. The Morgan fingerprint density at radius 2 is 1.75 bits per heavy atom. The molecule has 108 valence electrons. The van der Waals surface area contributed by atoms with E-state index in [-0.39, 0.29) is 0 Å². The van der Waals surface area contributed by atoms with E-state index in [9.17, 15) is 9.59 Å². The number of rotatable bonds is 2. The normalized spacial score (nSPS) is 24.9. The zero-order chi connectivity index (χ0) is 14.8. The highest BCUT2D eigenvalue weighted by molar-refractivity contribution is 6.01. The van der Waals surface area contributed by atoms with Gasteiger partial charge in [0.05, 0.1) is 14.2 Å². The van der Waals surface area contributed by atoms with Crippen molar-refractivity contribution in [2.45, 2.75) is 32.6 Å². The predicted molar refractivity (Wildman–Crippen MR) is 74.9 cm³/mol. The zero-order valence-electron chi connectivity index (χ0n) is 12.2. The van der Waals surface area contributed by atoms with Crippen molar-refractivity contribution in [3.63, 3.8) is 0 Å². The minimum Gasteiger partial charge on any atom is -0.468 e. The number of hydrogen-bond acceptors (Lipinski definition) is 4. The largest absolute Gasteiger partial charge is 0.468 e. The van der Waals surface area contributed by atoms with Crippen molar-refractivity contribution in [1.29, 1.82) is 0 Å². The first-order chi connectivity index (χ1) is 9.53. The molecule has 0 saturated carbocycles. The van der Waals surface area contributed by atoms with Crippen molar-refractivity contribution in [1.82, 2.24) is 0 Å². The molecule has 20 heavy (non-hydrogen) atoms. The van der Waals surface area contributed by atoms with Crippen molar-refractivity contribution in [3.05, 3.63) is 34.9 Å². The quantitative estimate of drug-likeness (QED) is 0.575. The molecule has 0 atom stereocenters. The van der Waals surface area contributed by atoms with E-state index in [2.05, 4.69) is 13.0 Å². The second-order valence-corrected chi connectivity index (χ2v) is 5.42. The van der Waals surface area contributed by atoms with Crippen LogP contribution in [0.15, 0.2) is 34.9 Å². The molecule has 0 aromatic rings. The van der Waals surface area contributed by atoms with Crippen LogP contribution in [0.1, 0.15) is 32.6 Å². The van der Waals surface area contributed by atoms with Gasteiger partial charge in [0.1, 0.15) is 0 Å². The van der Waals surface area contributed by atoms with Crippen molar-refractivity contribution < 1.29 is 19.1 Å². The van der Waals surface area contributed by atoms with Gasteiger partial charge in [0, 0.05) is 0 Å². The van der Waals surface area contributed by atoms with Crippen molar-refractivity contribution in [3.8, 4) is 0 Å². The van der Waals surface area contributed by atoms with Crippen LogP contribution >= 0.6 is 0 Å². The summed E-state index contributed by atoms with van der Waals surface area (Å²) in [5.74, 6) is -1.01. The number of carbonyl (C=O) groups excluding carboxylic acids is 2. The molecule has 2 aliphatic carbocycles. The third-order valence-electron chi connectivity index (χ3n) is 4.11. The average Bonchev–Trinajstić information content (AvgIpc) is 2.81. The molecule has 0 bridgehead atoms. The fraction of sp³-hybridized carbons (Fsp3) is 0.500. The molecular weight excluding hydrogens is 256 g/mol. The lowest BCUT2D eigenvalue weighted by atomic mass is 9.83. The number of allylic oxidation sites excluding steroid dienone is 6. The Hall–Kier alpha value is -1.84. The van der Waals surface area contributed by atoms with Crippen LogP contribution in [0.3, 0.4) is 0 Å². The molecule has 0 N–H and O–H groups in total. The second kappa shape index (κ2) is 5.65. The summed E-state index contributed by atoms with van der Waals surface area (Å²) < 4.78 is 9.69. The van der Waals surface area contributed by atoms with Crippen LogP contribution in [0.2, 0.25) is 0 Å². The van der Waals surface area contributed by atoms with E-state index in [1.54, 1.807) is 0 Å². The fourth-order valence-corrected chi connectivity index (χ4v) is 2.94. The van der Waals surface area contributed by atoms with E-state index >= 15 is 0 Å². The molecule has 0 amide bonds. The van der Waals surface area contributed by atoms with E-state index < -0.39 is 17.4 Å². The van der Waals surface area contributed by atoms with Gasteiger partial charge < -0.3 is 9.47 Å². The van der Waals surface area contributed by atoms with Gasteiger partial charge in [-0.2, -0.15) is 0 Å². The Morgan fingerprint density at radius 1 is 1.10 bits per heavy atom. The molecular formula is C16H20O4.